The number of fused-ring (bicyclic) bond motifs is 1. The van der Waals surface area contributed by atoms with Crippen LogP contribution in [0.5, 0.6) is 0 Å². The number of ether oxygens (including phenoxy) is 1. The lowest BCUT2D eigenvalue weighted by molar-refractivity contribution is -0.143. The summed E-state index contributed by atoms with van der Waals surface area (Å²) in [6, 6.07) is 2.89. The van der Waals surface area contributed by atoms with E-state index in [1.807, 2.05) is 0 Å². The lowest BCUT2D eigenvalue weighted by Gasteiger charge is -2.05. The van der Waals surface area contributed by atoms with E-state index >= 15 is 0 Å². The van der Waals surface area contributed by atoms with Gasteiger partial charge in [0.15, 0.2) is 17.0 Å². The molecule has 0 aliphatic rings. The van der Waals surface area contributed by atoms with E-state index in [0.29, 0.717) is 6.07 Å². The normalized spacial score (nSPS) is 11.0. The van der Waals surface area contributed by atoms with E-state index in [1.165, 1.54) is 0 Å². The Labute approximate surface area is 133 Å². The molecule has 1 aromatic carbocycles. The van der Waals surface area contributed by atoms with Crippen molar-refractivity contribution in [3.05, 3.63) is 46.5 Å². The third kappa shape index (κ3) is 2.73. The van der Waals surface area contributed by atoms with Gasteiger partial charge in [-0.2, -0.15) is 4.68 Å². The van der Waals surface area contributed by atoms with E-state index < -0.39 is 23.2 Å². The fourth-order valence-corrected chi connectivity index (χ4v) is 2.12. The Morgan fingerprint density at radius 3 is 2.83 bits per heavy atom. The van der Waals surface area contributed by atoms with E-state index in [-0.39, 0.29) is 30.0 Å². The number of benzene rings is 1. The van der Waals surface area contributed by atoms with E-state index in [9.17, 15) is 18.4 Å². The van der Waals surface area contributed by atoms with Gasteiger partial charge in [0.25, 0.3) is 5.56 Å². The van der Waals surface area contributed by atoms with Crippen molar-refractivity contribution in [1.29, 1.82) is 0 Å². The van der Waals surface area contributed by atoms with Crippen LogP contribution in [0, 0.1) is 11.6 Å². The van der Waals surface area contributed by atoms with Crippen LogP contribution in [0.25, 0.3) is 16.9 Å². The van der Waals surface area contributed by atoms with Crippen molar-refractivity contribution in [2.75, 3.05) is 6.61 Å². The summed E-state index contributed by atoms with van der Waals surface area (Å²) in [7, 11) is 0. The lowest BCUT2D eigenvalue weighted by Crippen LogP contribution is -2.26. The third-order valence-electron chi connectivity index (χ3n) is 3.17. The lowest BCUT2D eigenvalue weighted by atomic mass is 10.3. The molecule has 0 fully saturated rings. The summed E-state index contributed by atoms with van der Waals surface area (Å²) < 4.78 is 33.6. The molecule has 124 valence electrons. The highest BCUT2D eigenvalue weighted by Crippen LogP contribution is 2.16. The zero-order chi connectivity index (χ0) is 17.3. The SMILES string of the molecule is CCOC(=O)Cn1cnc2c(nnn2-c2ccc(F)cc2F)c1=O. The summed E-state index contributed by atoms with van der Waals surface area (Å²) in [4.78, 5) is 27.8. The molecular formula is C14H11F2N5O3. The molecule has 3 rings (SSSR count). The summed E-state index contributed by atoms with van der Waals surface area (Å²) in [5, 5.41) is 7.36. The van der Waals surface area contributed by atoms with Crippen LogP contribution < -0.4 is 5.56 Å². The minimum Gasteiger partial charge on any atom is -0.465 e. The summed E-state index contributed by atoms with van der Waals surface area (Å²) >= 11 is 0. The van der Waals surface area contributed by atoms with E-state index in [1.54, 1.807) is 6.92 Å². The number of hydrogen-bond acceptors (Lipinski definition) is 6. The molecule has 10 heteroatoms. The molecule has 0 unspecified atom stereocenters. The summed E-state index contributed by atoms with van der Waals surface area (Å²) in [5.74, 6) is -2.22. The first-order valence-electron chi connectivity index (χ1n) is 6.93. The average molecular weight is 335 g/mol. The Bertz CT molecular complexity index is 982. The van der Waals surface area contributed by atoms with Gasteiger partial charge in [-0.05, 0) is 19.1 Å². The van der Waals surface area contributed by atoms with Crippen LogP contribution in [0.3, 0.4) is 0 Å². The van der Waals surface area contributed by atoms with Crippen LogP contribution in [-0.4, -0.2) is 37.1 Å². The molecule has 0 atom stereocenters. The van der Waals surface area contributed by atoms with Crippen molar-refractivity contribution in [3.63, 3.8) is 0 Å². The molecule has 0 saturated carbocycles. The smallest absolute Gasteiger partial charge is 0.326 e. The first kappa shape index (κ1) is 15.7. The minimum atomic E-state index is -0.876. The molecule has 0 amide bonds. The maximum atomic E-state index is 13.9. The van der Waals surface area contributed by atoms with Crippen LogP contribution in [0.1, 0.15) is 6.92 Å². The van der Waals surface area contributed by atoms with Crippen molar-refractivity contribution >= 4 is 17.1 Å². The van der Waals surface area contributed by atoms with Crippen molar-refractivity contribution in [2.24, 2.45) is 0 Å². The van der Waals surface area contributed by atoms with Gasteiger partial charge in [-0.3, -0.25) is 14.2 Å². The van der Waals surface area contributed by atoms with Gasteiger partial charge in [0.05, 0.1) is 6.61 Å². The monoisotopic (exact) mass is 335 g/mol. The average Bonchev–Trinajstić information content (AvgIpc) is 2.95. The van der Waals surface area contributed by atoms with E-state index in [2.05, 4.69) is 15.3 Å². The second-order valence-electron chi connectivity index (χ2n) is 4.75. The van der Waals surface area contributed by atoms with Crippen molar-refractivity contribution in [3.8, 4) is 5.69 Å². The van der Waals surface area contributed by atoms with Gasteiger partial charge in [-0.1, -0.05) is 5.21 Å². The standard InChI is InChI=1S/C14H11F2N5O3/c1-2-24-11(22)6-20-7-17-13-12(14(20)23)18-19-21(13)10-4-3-8(15)5-9(10)16/h3-5,7H,2,6H2,1H3. The Hall–Kier alpha value is -3.17. The van der Waals surface area contributed by atoms with Crippen LogP contribution in [0.4, 0.5) is 8.78 Å². The predicted octanol–water partition coefficient (Wildman–Crippen LogP) is 0.818. The van der Waals surface area contributed by atoms with Crippen LogP contribution in [0.2, 0.25) is 0 Å². The van der Waals surface area contributed by atoms with Gasteiger partial charge in [-0.15, -0.1) is 5.10 Å². The quantitative estimate of drug-likeness (QED) is 0.656. The number of hydrogen-bond donors (Lipinski definition) is 0. The fraction of sp³-hybridized carbons (Fsp3) is 0.214. The minimum absolute atomic E-state index is 0.00869. The molecule has 2 heterocycles. The Kier molecular flexibility index (Phi) is 4.02. The number of rotatable bonds is 4. The molecule has 0 radical (unpaired) electrons. The molecule has 0 spiro atoms. The third-order valence-corrected chi connectivity index (χ3v) is 3.17. The molecule has 0 N–H and O–H groups in total. The molecular weight excluding hydrogens is 324 g/mol. The maximum Gasteiger partial charge on any atom is 0.326 e. The highest BCUT2D eigenvalue weighted by Gasteiger charge is 2.17. The molecule has 2 aromatic heterocycles. The van der Waals surface area contributed by atoms with E-state index in [0.717, 1.165) is 27.7 Å². The number of esters is 1. The van der Waals surface area contributed by atoms with Crippen molar-refractivity contribution in [2.45, 2.75) is 13.5 Å². The number of aromatic nitrogens is 5. The Balaban J connectivity index is 2.07. The summed E-state index contributed by atoms with van der Waals surface area (Å²) in [6.07, 6.45) is 1.11. The zero-order valence-electron chi connectivity index (χ0n) is 12.4. The molecule has 0 saturated heterocycles. The van der Waals surface area contributed by atoms with Crippen LogP contribution in [-0.2, 0) is 16.1 Å². The molecule has 0 bridgehead atoms. The van der Waals surface area contributed by atoms with Crippen LogP contribution in [0.15, 0.2) is 29.3 Å². The summed E-state index contributed by atoms with van der Waals surface area (Å²) in [6.45, 7) is 1.50. The number of halogens is 2. The molecule has 0 aliphatic carbocycles. The van der Waals surface area contributed by atoms with Gasteiger partial charge in [-0.25, -0.2) is 13.8 Å². The highest BCUT2D eigenvalue weighted by atomic mass is 19.1. The predicted molar refractivity (Wildman–Crippen MR) is 77.5 cm³/mol. The van der Waals surface area contributed by atoms with Gasteiger partial charge >= 0.3 is 5.97 Å². The number of carbonyl (C=O) groups excluding carboxylic acids is 1. The first-order valence-corrected chi connectivity index (χ1v) is 6.93. The second kappa shape index (κ2) is 6.14. The molecule has 24 heavy (non-hydrogen) atoms. The number of nitrogens with zero attached hydrogens (tertiary/aromatic N) is 5. The maximum absolute atomic E-state index is 13.9. The molecule has 0 aliphatic heterocycles. The second-order valence-corrected chi connectivity index (χ2v) is 4.75. The van der Waals surface area contributed by atoms with Gasteiger partial charge in [0.2, 0.25) is 0 Å². The fourth-order valence-electron chi connectivity index (χ4n) is 2.12. The first-order chi connectivity index (χ1) is 11.5. The van der Waals surface area contributed by atoms with Crippen LogP contribution >= 0.6 is 0 Å². The van der Waals surface area contributed by atoms with Gasteiger partial charge < -0.3 is 4.74 Å². The molecule has 8 nitrogen and oxygen atoms in total. The largest absolute Gasteiger partial charge is 0.465 e. The van der Waals surface area contributed by atoms with Crippen molar-refractivity contribution in [1.82, 2.24) is 24.5 Å². The highest BCUT2D eigenvalue weighted by molar-refractivity contribution is 5.72. The summed E-state index contributed by atoms with van der Waals surface area (Å²) in [5.41, 5.74) is -0.882. The number of carbonyl (C=O) groups is 1. The van der Waals surface area contributed by atoms with Gasteiger partial charge in [0.1, 0.15) is 24.4 Å². The molecule has 3 aromatic rings. The van der Waals surface area contributed by atoms with Crippen molar-refractivity contribution < 1.29 is 18.3 Å². The Morgan fingerprint density at radius 1 is 1.33 bits per heavy atom. The van der Waals surface area contributed by atoms with Gasteiger partial charge in [0, 0.05) is 6.07 Å². The zero-order valence-corrected chi connectivity index (χ0v) is 12.4. The Morgan fingerprint density at radius 2 is 2.12 bits per heavy atom. The topological polar surface area (TPSA) is 91.9 Å². The van der Waals surface area contributed by atoms with E-state index in [4.69, 9.17) is 4.74 Å².